The van der Waals surface area contributed by atoms with Crippen LogP contribution in [0.15, 0.2) is 54.7 Å². The number of aromatic nitrogens is 3. The number of hydrogen-bond acceptors (Lipinski definition) is 5. The van der Waals surface area contributed by atoms with E-state index in [2.05, 4.69) is 46.8 Å². The summed E-state index contributed by atoms with van der Waals surface area (Å²) in [4.78, 5) is 13.8. The minimum atomic E-state index is 0.467. The lowest BCUT2D eigenvalue weighted by Gasteiger charge is -2.15. The van der Waals surface area contributed by atoms with Crippen molar-refractivity contribution in [1.29, 1.82) is 0 Å². The molecule has 0 saturated heterocycles. The van der Waals surface area contributed by atoms with Gasteiger partial charge in [0.2, 0.25) is 5.95 Å². The molecule has 0 aliphatic heterocycles. The molecule has 0 unspecified atom stereocenters. The molecule has 3 aromatic rings. The zero-order valence-corrected chi connectivity index (χ0v) is 15.7. The van der Waals surface area contributed by atoms with E-state index in [1.54, 1.807) is 6.20 Å². The van der Waals surface area contributed by atoms with Crippen LogP contribution in [0.5, 0.6) is 0 Å². The molecule has 27 heavy (non-hydrogen) atoms. The fourth-order valence-corrected chi connectivity index (χ4v) is 3.40. The van der Waals surface area contributed by atoms with Crippen LogP contribution < -0.4 is 10.6 Å². The second kappa shape index (κ2) is 8.16. The van der Waals surface area contributed by atoms with Crippen molar-refractivity contribution in [2.24, 2.45) is 0 Å². The van der Waals surface area contributed by atoms with Gasteiger partial charge in [0.05, 0.1) is 11.4 Å². The Morgan fingerprint density at radius 2 is 1.78 bits per heavy atom. The molecular formula is C22H25N5. The van der Waals surface area contributed by atoms with Crippen molar-refractivity contribution >= 4 is 11.8 Å². The Labute approximate surface area is 160 Å². The highest BCUT2D eigenvalue weighted by atomic mass is 15.2. The number of hydrogen-bond donors (Lipinski definition) is 2. The van der Waals surface area contributed by atoms with Gasteiger partial charge in [-0.2, -0.15) is 4.98 Å². The SMILES string of the molecule is Cc1ccc(CNc2cc(-c3ccccn3)nc(NC3CCCC3)n2)cc1. The van der Waals surface area contributed by atoms with Gasteiger partial charge in [0.1, 0.15) is 5.82 Å². The van der Waals surface area contributed by atoms with Crippen LogP contribution in [0.1, 0.15) is 36.8 Å². The molecule has 0 spiro atoms. The van der Waals surface area contributed by atoms with Crippen LogP contribution in [-0.2, 0) is 6.54 Å². The first-order chi connectivity index (χ1) is 13.3. The summed E-state index contributed by atoms with van der Waals surface area (Å²) in [6.07, 6.45) is 6.71. The molecule has 0 atom stereocenters. The number of benzene rings is 1. The van der Waals surface area contributed by atoms with Crippen molar-refractivity contribution in [1.82, 2.24) is 15.0 Å². The van der Waals surface area contributed by atoms with Crippen molar-refractivity contribution in [2.45, 2.75) is 45.2 Å². The fourth-order valence-electron chi connectivity index (χ4n) is 3.40. The van der Waals surface area contributed by atoms with Gasteiger partial charge in [0.25, 0.3) is 0 Å². The summed E-state index contributed by atoms with van der Waals surface area (Å²) in [5.41, 5.74) is 4.18. The lowest BCUT2D eigenvalue weighted by atomic mass is 10.1. The highest BCUT2D eigenvalue weighted by Crippen LogP contribution is 2.24. The second-order valence-electron chi connectivity index (χ2n) is 7.14. The maximum Gasteiger partial charge on any atom is 0.225 e. The normalized spacial score (nSPS) is 14.3. The maximum atomic E-state index is 4.71. The predicted octanol–water partition coefficient (Wildman–Crippen LogP) is 4.81. The Bertz CT molecular complexity index is 871. The summed E-state index contributed by atoms with van der Waals surface area (Å²) in [6.45, 7) is 2.82. The van der Waals surface area contributed by atoms with Gasteiger partial charge in [-0.15, -0.1) is 0 Å². The lowest BCUT2D eigenvalue weighted by Crippen LogP contribution is -2.17. The zero-order valence-electron chi connectivity index (χ0n) is 15.7. The minimum Gasteiger partial charge on any atom is -0.366 e. The smallest absolute Gasteiger partial charge is 0.225 e. The molecule has 2 N–H and O–H groups in total. The van der Waals surface area contributed by atoms with Gasteiger partial charge in [-0.1, -0.05) is 48.7 Å². The molecule has 0 bridgehead atoms. The van der Waals surface area contributed by atoms with Crippen molar-refractivity contribution in [3.63, 3.8) is 0 Å². The highest BCUT2D eigenvalue weighted by molar-refractivity contribution is 5.61. The largest absolute Gasteiger partial charge is 0.366 e. The van der Waals surface area contributed by atoms with E-state index in [0.29, 0.717) is 12.0 Å². The van der Waals surface area contributed by atoms with Gasteiger partial charge in [0, 0.05) is 24.8 Å². The molecule has 1 saturated carbocycles. The quantitative estimate of drug-likeness (QED) is 0.661. The highest BCUT2D eigenvalue weighted by Gasteiger charge is 2.17. The summed E-state index contributed by atoms with van der Waals surface area (Å²) >= 11 is 0. The van der Waals surface area contributed by atoms with E-state index in [9.17, 15) is 0 Å². The van der Waals surface area contributed by atoms with Gasteiger partial charge < -0.3 is 10.6 Å². The Hall–Kier alpha value is -2.95. The van der Waals surface area contributed by atoms with E-state index >= 15 is 0 Å². The third kappa shape index (κ3) is 4.61. The number of aryl methyl sites for hydroxylation is 1. The molecule has 5 nitrogen and oxygen atoms in total. The average molecular weight is 359 g/mol. The molecule has 2 heterocycles. The molecule has 0 radical (unpaired) electrons. The Morgan fingerprint density at radius 3 is 2.52 bits per heavy atom. The molecular weight excluding hydrogens is 334 g/mol. The summed E-state index contributed by atoms with van der Waals surface area (Å²) in [5, 5.41) is 6.94. The maximum absolute atomic E-state index is 4.71. The molecule has 5 heteroatoms. The third-order valence-corrected chi connectivity index (χ3v) is 4.94. The topological polar surface area (TPSA) is 62.7 Å². The lowest BCUT2D eigenvalue weighted by molar-refractivity contribution is 0.744. The molecule has 1 aliphatic carbocycles. The predicted molar refractivity (Wildman–Crippen MR) is 110 cm³/mol. The second-order valence-corrected chi connectivity index (χ2v) is 7.14. The fraction of sp³-hybridized carbons (Fsp3) is 0.318. The number of rotatable bonds is 6. The first-order valence-corrected chi connectivity index (χ1v) is 9.63. The molecule has 4 rings (SSSR count). The molecule has 2 aromatic heterocycles. The van der Waals surface area contributed by atoms with Crippen LogP contribution in [-0.4, -0.2) is 21.0 Å². The third-order valence-electron chi connectivity index (χ3n) is 4.94. The van der Waals surface area contributed by atoms with Crippen LogP contribution in [0.2, 0.25) is 0 Å². The van der Waals surface area contributed by atoms with Crippen LogP contribution >= 0.6 is 0 Å². The van der Waals surface area contributed by atoms with Crippen molar-refractivity contribution in [3.8, 4) is 11.4 Å². The van der Waals surface area contributed by atoms with Crippen molar-refractivity contribution in [2.75, 3.05) is 10.6 Å². The number of nitrogens with one attached hydrogen (secondary N) is 2. The molecule has 1 aliphatic rings. The summed E-state index contributed by atoms with van der Waals surface area (Å²) in [6, 6.07) is 16.8. The Kier molecular flexibility index (Phi) is 5.28. The molecule has 0 amide bonds. The van der Waals surface area contributed by atoms with Gasteiger partial charge in [-0.05, 0) is 37.5 Å². The Morgan fingerprint density at radius 1 is 0.963 bits per heavy atom. The molecule has 1 aromatic carbocycles. The van der Waals surface area contributed by atoms with E-state index in [0.717, 1.165) is 23.8 Å². The van der Waals surface area contributed by atoms with Crippen LogP contribution in [0.4, 0.5) is 11.8 Å². The first-order valence-electron chi connectivity index (χ1n) is 9.63. The van der Waals surface area contributed by atoms with Crippen LogP contribution in [0.25, 0.3) is 11.4 Å². The van der Waals surface area contributed by atoms with Crippen LogP contribution in [0.3, 0.4) is 0 Å². The molecule has 1 fully saturated rings. The number of anilines is 2. The van der Waals surface area contributed by atoms with Crippen molar-refractivity contribution in [3.05, 3.63) is 65.9 Å². The minimum absolute atomic E-state index is 0.467. The van der Waals surface area contributed by atoms with Gasteiger partial charge >= 0.3 is 0 Å². The summed E-state index contributed by atoms with van der Waals surface area (Å²) in [5.74, 6) is 1.49. The average Bonchev–Trinajstić information content (AvgIpc) is 3.21. The van der Waals surface area contributed by atoms with E-state index in [-0.39, 0.29) is 0 Å². The zero-order chi connectivity index (χ0) is 18.5. The van der Waals surface area contributed by atoms with E-state index in [1.165, 1.54) is 36.8 Å². The number of nitrogens with zero attached hydrogens (tertiary/aromatic N) is 3. The van der Waals surface area contributed by atoms with Crippen LogP contribution in [0, 0.1) is 6.92 Å². The molecule has 138 valence electrons. The van der Waals surface area contributed by atoms with Crippen molar-refractivity contribution < 1.29 is 0 Å². The van der Waals surface area contributed by atoms with E-state index < -0.39 is 0 Å². The van der Waals surface area contributed by atoms with E-state index in [1.807, 2.05) is 24.3 Å². The summed E-state index contributed by atoms with van der Waals surface area (Å²) in [7, 11) is 0. The van der Waals surface area contributed by atoms with E-state index in [4.69, 9.17) is 9.97 Å². The van der Waals surface area contributed by atoms with Gasteiger partial charge in [0.15, 0.2) is 0 Å². The monoisotopic (exact) mass is 359 g/mol. The summed E-state index contributed by atoms with van der Waals surface area (Å²) < 4.78 is 0. The number of pyridine rings is 1. The first kappa shape index (κ1) is 17.5. The Balaban J connectivity index is 1.57. The van der Waals surface area contributed by atoms with Gasteiger partial charge in [-0.3, -0.25) is 4.98 Å². The standard InChI is InChI=1S/C22H25N5/c1-16-9-11-17(12-10-16)15-24-21-14-20(19-8-4-5-13-23-19)26-22(27-21)25-18-6-2-3-7-18/h4-5,8-14,18H,2-3,6-7,15H2,1H3,(H2,24,25,26,27). The van der Waals surface area contributed by atoms with Gasteiger partial charge in [-0.25, -0.2) is 4.98 Å².